The molecule has 1 amide bonds. The Morgan fingerprint density at radius 2 is 2.05 bits per heavy atom. The summed E-state index contributed by atoms with van der Waals surface area (Å²) in [5.74, 6) is 0.166. The molecule has 1 aliphatic rings. The van der Waals surface area contributed by atoms with E-state index >= 15 is 0 Å². The maximum Gasteiger partial charge on any atom is 0.410 e. The lowest BCUT2D eigenvalue weighted by molar-refractivity contribution is 0.0123. The number of ether oxygens (including phenoxy) is 1. The van der Waals surface area contributed by atoms with Crippen molar-refractivity contribution in [1.29, 1.82) is 0 Å². The van der Waals surface area contributed by atoms with Crippen molar-refractivity contribution < 1.29 is 13.9 Å². The van der Waals surface area contributed by atoms with Gasteiger partial charge >= 0.3 is 6.09 Å². The molecule has 4 nitrogen and oxygen atoms in total. The third kappa shape index (κ3) is 5.76. The first-order valence-corrected chi connectivity index (χ1v) is 7.00. The Bertz CT molecular complexity index is 313. The first-order chi connectivity index (χ1) is 8.63. The molecule has 0 aromatic carbocycles. The molecule has 1 heterocycles. The van der Waals surface area contributed by atoms with Gasteiger partial charge in [0.1, 0.15) is 11.3 Å². The summed E-state index contributed by atoms with van der Waals surface area (Å²) >= 11 is 0. The van der Waals surface area contributed by atoms with Gasteiger partial charge in [0.2, 0.25) is 0 Å². The molecule has 5 heteroatoms. The lowest BCUT2D eigenvalue weighted by Crippen LogP contribution is -2.44. The zero-order chi connectivity index (χ0) is 14.7. The summed E-state index contributed by atoms with van der Waals surface area (Å²) in [6, 6.07) is 0. The average molecular weight is 274 g/mol. The molecule has 2 unspecified atom stereocenters. The van der Waals surface area contributed by atoms with Crippen LogP contribution in [0.3, 0.4) is 0 Å². The van der Waals surface area contributed by atoms with E-state index < -0.39 is 11.3 Å². The summed E-state index contributed by atoms with van der Waals surface area (Å²) in [6.45, 7) is 8.35. The summed E-state index contributed by atoms with van der Waals surface area (Å²) in [6.07, 6.45) is 1.94. The average Bonchev–Trinajstić information content (AvgIpc) is 2.26. The van der Waals surface area contributed by atoms with Crippen molar-refractivity contribution in [3.8, 4) is 0 Å². The lowest BCUT2D eigenvalue weighted by Gasteiger charge is -2.36. The summed E-state index contributed by atoms with van der Waals surface area (Å²) < 4.78 is 19.3. The van der Waals surface area contributed by atoms with E-state index in [9.17, 15) is 9.18 Å². The monoisotopic (exact) mass is 274 g/mol. The van der Waals surface area contributed by atoms with Crippen molar-refractivity contribution in [1.82, 2.24) is 4.90 Å². The molecule has 0 spiro atoms. The number of piperidine rings is 1. The standard InChI is InChI=1S/C14H27FN2O2/c1-13(2,3)19-12(18)17-7-5-6-11(9-17)8-14(4,15)10-16/h11H,5-10,16H2,1-4H3. The van der Waals surface area contributed by atoms with Gasteiger partial charge in [-0.3, -0.25) is 0 Å². The van der Waals surface area contributed by atoms with Crippen LogP contribution in [-0.4, -0.2) is 41.9 Å². The van der Waals surface area contributed by atoms with E-state index in [0.29, 0.717) is 19.5 Å². The van der Waals surface area contributed by atoms with Gasteiger partial charge in [0, 0.05) is 19.6 Å². The molecular formula is C14H27FN2O2. The maximum absolute atomic E-state index is 13.9. The highest BCUT2D eigenvalue weighted by Gasteiger charge is 2.32. The van der Waals surface area contributed by atoms with E-state index in [4.69, 9.17) is 10.5 Å². The fraction of sp³-hybridized carbons (Fsp3) is 0.929. The number of halogens is 1. The first kappa shape index (κ1) is 16.2. The molecule has 112 valence electrons. The second-order valence-corrected chi connectivity index (χ2v) is 6.76. The van der Waals surface area contributed by atoms with Crippen LogP contribution in [0.5, 0.6) is 0 Å². The van der Waals surface area contributed by atoms with Gasteiger partial charge in [0.25, 0.3) is 0 Å². The fourth-order valence-corrected chi connectivity index (χ4v) is 2.41. The Labute approximate surface area is 115 Å². The molecule has 1 aliphatic heterocycles. The maximum atomic E-state index is 13.9. The van der Waals surface area contributed by atoms with Gasteiger partial charge in [-0.2, -0.15) is 0 Å². The van der Waals surface area contributed by atoms with Crippen LogP contribution in [0.4, 0.5) is 9.18 Å². The number of amides is 1. The van der Waals surface area contributed by atoms with Gasteiger partial charge in [-0.15, -0.1) is 0 Å². The zero-order valence-corrected chi connectivity index (χ0v) is 12.5. The number of hydrogen-bond acceptors (Lipinski definition) is 3. The molecule has 19 heavy (non-hydrogen) atoms. The molecule has 0 saturated carbocycles. The third-order valence-electron chi connectivity index (χ3n) is 3.31. The van der Waals surface area contributed by atoms with Crippen molar-refractivity contribution in [2.75, 3.05) is 19.6 Å². The minimum atomic E-state index is -1.35. The van der Waals surface area contributed by atoms with Crippen LogP contribution in [0.15, 0.2) is 0 Å². The number of alkyl halides is 1. The van der Waals surface area contributed by atoms with E-state index in [1.54, 1.807) is 4.90 Å². The predicted molar refractivity (Wildman–Crippen MR) is 73.7 cm³/mol. The normalized spacial score (nSPS) is 23.9. The van der Waals surface area contributed by atoms with Crippen molar-refractivity contribution in [2.24, 2.45) is 11.7 Å². The minimum absolute atomic E-state index is 0.0237. The third-order valence-corrected chi connectivity index (χ3v) is 3.31. The number of nitrogens with zero attached hydrogens (tertiary/aromatic N) is 1. The summed E-state index contributed by atoms with van der Waals surface area (Å²) in [5, 5.41) is 0. The smallest absolute Gasteiger partial charge is 0.410 e. The van der Waals surface area contributed by atoms with Gasteiger partial charge in [0.05, 0.1) is 0 Å². The molecule has 0 aliphatic carbocycles. The lowest BCUT2D eigenvalue weighted by atomic mass is 9.87. The molecule has 2 atom stereocenters. The second-order valence-electron chi connectivity index (χ2n) is 6.76. The Morgan fingerprint density at radius 1 is 1.42 bits per heavy atom. The zero-order valence-electron chi connectivity index (χ0n) is 12.5. The number of carbonyl (C=O) groups is 1. The van der Waals surface area contributed by atoms with Crippen LogP contribution in [0.25, 0.3) is 0 Å². The fourth-order valence-electron chi connectivity index (χ4n) is 2.41. The highest BCUT2D eigenvalue weighted by molar-refractivity contribution is 5.68. The number of hydrogen-bond donors (Lipinski definition) is 1. The van der Waals surface area contributed by atoms with Gasteiger partial charge < -0.3 is 15.4 Å². The SMILES string of the molecule is CC(F)(CN)CC1CCCN(C(=O)OC(C)(C)C)C1. The van der Waals surface area contributed by atoms with Gasteiger partial charge in [-0.1, -0.05) is 0 Å². The Kier molecular flexibility index (Phi) is 5.18. The number of carbonyl (C=O) groups excluding carboxylic acids is 1. The predicted octanol–water partition coefficient (Wildman–Crippen LogP) is 2.71. The first-order valence-electron chi connectivity index (χ1n) is 7.00. The Hall–Kier alpha value is -0.840. The van der Waals surface area contributed by atoms with Gasteiger partial charge in [-0.25, -0.2) is 9.18 Å². The van der Waals surface area contributed by atoms with Crippen molar-refractivity contribution >= 4 is 6.09 Å². The largest absolute Gasteiger partial charge is 0.444 e. The molecule has 0 radical (unpaired) electrons. The van der Waals surface area contributed by atoms with Crippen LogP contribution >= 0.6 is 0 Å². The number of nitrogens with two attached hydrogens (primary N) is 1. The van der Waals surface area contributed by atoms with E-state index in [-0.39, 0.29) is 18.6 Å². The summed E-state index contributed by atoms with van der Waals surface area (Å²) in [7, 11) is 0. The topological polar surface area (TPSA) is 55.6 Å². The van der Waals surface area contributed by atoms with E-state index in [1.807, 2.05) is 20.8 Å². The number of rotatable bonds is 3. The highest BCUT2D eigenvalue weighted by atomic mass is 19.1. The molecule has 0 bridgehead atoms. The van der Waals surface area contributed by atoms with Gasteiger partial charge in [-0.05, 0) is 52.9 Å². The molecule has 1 rings (SSSR count). The van der Waals surface area contributed by atoms with Crippen molar-refractivity contribution in [3.63, 3.8) is 0 Å². The summed E-state index contributed by atoms with van der Waals surface area (Å²) in [4.78, 5) is 13.7. The van der Waals surface area contributed by atoms with Crippen molar-refractivity contribution in [2.45, 2.75) is 58.2 Å². The quantitative estimate of drug-likeness (QED) is 0.861. The van der Waals surface area contributed by atoms with Crippen LogP contribution in [0.1, 0.15) is 47.0 Å². The molecule has 2 N–H and O–H groups in total. The summed E-state index contributed by atoms with van der Waals surface area (Å²) in [5.41, 5.74) is 3.59. The molecular weight excluding hydrogens is 247 g/mol. The Morgan fingerprint density at radius 3 is 2.58 bits per heavy atom. The van der Waals surface area contributed by atoms with Crippen molar-refractivity contribution in [3.05, 3.63) is 0 Å². The molecule has 1 fully saturated rings. The van der Waals surface area contributed by atoms with Crippen LogP contribution in [-0.2, 0) is 4.74 Å². The Balaban J connectivity index is 2.53. The van der Waals surface area contributed by atoms with E-state index in [1.165, 1.54) is 6.92 Å². The van der Waals surface area contributed by atoms with Crippen LogP contribution in [0.2, 0.25) is 0 Å². The minimum Gasteiger partial charge on any atom is -0.444 e. The number of likely N-dealkylation sites (tertiary alicyclic amines) is 1. The molecule has 0 aromatic heterocycles. The van der Waals surface area contributed by atoms with Crippen LogP contribution < -0.4 is 5.73 Å². The highest BCUT2D eigenvalue weighted by Crippen LogP contribution is 2.28. The van der Waals surface area contributed by atoms with E-state index in [0.717, 1.165) is 12.8 Å². The second kappa shape index (κ2) is 6.07. The van der Waals surface area contributed by atoms with Gasteiger partial charge in [0.15, 0.2) is 0 Å². The van der Waals surface area contributed by atoms with Crippen LogP contribution in [0, 0.1) is 5.92 Å². The molecule has 0 aromatic rings. The molecule has 1 saturated heterocycles. The van der Waals surface area contributed by atoms with E-state index in [2.05, 4.69) is 0 Å².